The molecule has 0 heterocycles. The van der Waals surface area contributed by atoms with E-state index in [1.54, 1.807) is 0 Å². The molecule has 0 aliphatic heterocycles. The molecule has 0 aliphatic carbocycles. The minimum absolute atomic E-state index is 0.0114. The van der Waals surface area contributed by atoms with Gasteiger partial charge in [0.2, 0.25) is 5.91 Å². The number of thioether (sulfide) groups is 1. The van der Waals surface area contributed by atoms with Crippen molar-refractivity contribution in [1.82, 2.24) is 5.32 Å². The van der Waals surface area contributed by atoms with Crippen LogP contribution in [0.2, 0.25) is 0 Å². The number of amides is 1. The summed E-state index contributed by atoms with van der Waals surface area (Å²) in [6, 6.07) is -0.133. The summed E-state index contributed by atoms with van der Waals surface area (Å²) in [7, 11) is 0. The molecule has 0 radical (unpaired) electrons. The highest BCUT2D eigenvalue weighted by Crippen LogP contribution is 2.05. The number of nitrogens with one attached hydrogen (secondary N) is 1. The van der Waals surface area contributed by atoms with Gasteiger partial charge in [-0.15, -0.1) is 0 Å². The van der Waals surface area contributed by atoms with E-state index >= 15 is 0 Å². The molecule has 96 valence electrons. The van der Waals surface area contributed by atoms with Crippen LogP contribution in [0, 0.1) is 5.92 Å². The van der Waals surface area contributed by atoms with Gasteiger partial charge >= 0.3 is 0 Å². The summed E-state index contributed by atoms with van der Waals surface area (Å²) in [6.45, 7) is 8.34. The van der Waals surface area contributed by atoms with Crippen LogP contribution in [0.5, 0.6) is 0 Å². The number of carbonyl (C=O) groups excluding carboxylic acids is 1. The van der Waals surface area contributed by atoms with Crippen LogP contribution < -0.4 is 11.1 Å². The number of nitrogens with two attached hydrogens (primary N) is 1. The quantitative estimate of drug-likeness (QED) is 0.644. The Labute approximate surface area is 104 Å². The topological polar surface area (TPSA) is 55.1 Å². The van der Waals surface area contributed by atoms with E-state index in [1.165, 1.54) is 0 Å². The molecule has 0 rings (SSSR count). The van der Waals surface area contributed by atoms with Crippen molar-refractivity contribution in [1.29, 1.82) is 0 Å². The predicted octanol–water partition coefficient (Wildman–Crippen LogP) is 2.01. The summed E-state index contributed by atoms with van der Waals surface area (Å²) in [6.07, 6.45) is 1.76. The Bertz CT molecular complexity index is 197. The average molecular weight is 246 g/mol. The second-order valence-electron chi connectivity index (χ2n) is 4.63. The van der Waals surface area contributed by atoms with Crippen LogP contribution in [0.4, 0.5) is 0 Å². The lowest BCUT2D eigenvalue weighted by Crippen LogP contribution is -2.45. The molecular formula is C12H26N2OS. The van der Waals surface area contributed by atoms with E-state index in [9.17, 15) is 4.79 Å². The molecule has 0 saturated carbocycles. The number of carbonyl (C=O) groups is 1. The van der Waals surface area contributed by atoms with Crippen molar-refractivity contribution in [3.63, 3.8) is 0 Å². The standard InChI is InChI=1S/C12H26N2OS/c1-5-16-7-6-10(4)14-12(15)11(13)8-9(2)3/h9-11H,5-8,13H2,1-4H3,(H,14,15)/t10?,11-/m0/s1. The molecule has 1 unspecified atom stereocenters. The van der Waals surface area contributed by atoms with Crippen molar-refractivity contribution >= 4 is 17.7 Å². The Hall–Kier alpha value is -0.220. The zero-order chi connectivity index (χ0) is 12.6. The largest absolute Gasteiger partial charge is 0.352 e. The van der Waals surface area contributed by atoms with Gasteiger partial charge in [0, 0.05) is 6.04 Å². The third-order valence-corrected chi connectivity index (χ3v) is 3.28. The predicted molar refractivity (Wildman–Crippen MR) is 72.7 cm³/mol. The van der Waals surface area contributed by atoms with Gasteiger partial charge in [0.1, 0.15) is 0 Å². The van der Waals surface area contributed by atoms with Crippen molar-refractivity contribution in [3.8, 4) is 0 Å². The van der Waals surface area contributed by atoms with Crippen molar-refractivity contribution in [2.75, 3.05) is 11.5 Å². The molecule has 16 heavy (non-hydrogen) atoms. The van der Waals surface area contributed by atoms with Gasteiger partial charge in [0.15, 0.2) is 0 Å². The molecule has 3 nitrogen and oxygen atoms in total. The maximum Gasteiger partial charge on any atom is 0.237 e. The molecule has 0 aliphatic rings. The fraction of sp³-hybridized carbons (Fsp3) is 0.917. The van der Waals surface area contributed by atoms with Gasteiger partial charge in [-0.05, 0) is 37.2 Å². The fourth-order valence-corrected chi connectivity index (χ4v) is 2.25. The van der Waals surface area contributed by atoms with Gasteiger partial charge in [-0.1, -0.05) is 20.8 Å². The molecular weight excluding hydrogens is 220 g/mol. The van der Waals surface area contributed by atoms with Crippen LogP contribution in [0.3, 0.4) is 0 Å². The summed E-state index contributed by atoms with van der Waals surface area (Å²) in [5.74, 6) is 2.68. The molecule has 1 amide bonds. The van der Waals surface area contributed by atoms with Gasteiger partial charge in [0.05, 0.1) is 6.04 Å². The van der Waals surface area contributed by atoms with Gasteiger partial charge in [-0.3, -0.25) is 4.79 Å². The fourth-order valence-electron chi connectivity index (χ4n) is 1.44. The highest BCUT2D eigenvalue weighted by atomic mass is 32.2. The number of hydrogen-bond donors (Lipinski definition) is 2. The molecule has 3 N–H and O–H groups in total. The molecule has 0 fully saturated rings. The van der Waals surface area contributed by atoms with Crippen LogP contribution in [-0.2, 0) is 4.79 Å². The average Bonchev–Trinajstić information content (AvgIpc) is 2.16. The van der Waals surface area contributed by atoms with E-state index in [0.29, 0.717) is 5.92 Å². The summed E-state index contributed by atoms with van der Waals surface area (Å²) in [4.78, 5) is 11.7. The molecule has 0 aromatic rings. The Morgan fingerprint density at radius 3 is 2.50 bits per heavy atom. The normalized spacial score (nSPS) is 14.9. The SMILES string of the molecule is CCSCCC(C)NC(=O)[C@@H](N)CC(C)C. The van der Waals surface area contributed by atoms with E-state index in [-0.39, 0.29) is 18.0 Å². The zero-order valence-electron chi connectivity index (χ0n) is 11.0. The molecule has 0 aromatic heterocycles. The van der Waals surface area contributed by atoms with Crippen molar-refractivity contribution in [2.24, 2.45) is 11.7 Å². The number of hydrogen-bond acceptors (Lipinski definition) is 3. The molecule has 0 bridgehead atoms. The summed E-state index contributed by atoms with van der Waals surface area (Å²) < 4.78 is 0. The van der Waals surface area contributed by atoms with Crippen LogP contribution in [-0.4, -0.2) is 29.5 Å². The lowest BCUT2D eigenvalue weighted by Gasteiger charge is -2.18. The monoisotopic (exact) mass is 246 g/mol. The first kappa shape index (κ1) is 15.8. The van der Waals surface area contributed by atoms with E-state index in [4.69, 9.17) is 5.73 Å². The zero-order valence-corrected chi connectivity index (χ0v) is 11.8. The Kier molecular flexibility index (Phi) is 8.76. The Morgan fingerprint density at radius 2 is 2.00 bits per heavy atom. The third kappa shape index (κ3) is 7.99. The number of rotatable bonds is 8. The van der Waals surface area contributed by atoms with E-state index < -0.39 is 0 Å². The van der Waals surface area contributed by atoms with E-state index in [2.05, 4.69) is 26.1 Å². The Morgan fingerprint density at radius 1 is 1.38 bits per heavy atom. The van der Waals surface area contributed by atoms with Crippen LogP contribution in [0.15, 0.2) is 0 Å². The maximum atomic E-state index is 11.7. The van der Waals surface area contributed by atoms with Gasteiger partial charge in [-0.25, -0.2) is 0 Å². The summed E-state index contributed by atoms with van der Waals surface area (Å²) >= 11 is 1.90. The van der Waals surface area contributed by atoms with Gasteiger partial charge in [-0.2, -0.15) is 11.8 Å². The first-order valence-electron chi connectivity index (χ1n) is 6.11. The van der Waals surface area contributed by atoms with Crippen molar-refractivity contribution < 1.29 is 4.79 Å². The molecule has 0 spiro atoms. The highest BCUT2D eigenvalue weighted by molar-refractivity contribution is 7.99. The first-order valence-corrected chi connectivity index (χ1v) is 7.26. The summed E-state index contributed by atoms with van der Waals surface area (Å²) in [5, 5.41) is 2.97. The second-order valence-corrected chi connectivity index (χ2v) is 6.03. The van der Waals surface area contributed by atoms with Crippen molar-refractivity contribution in [2.45, 2.75) is 52.6 Å². The van der Waals surface area contributed by atoms with E-state index in [1.807, 2.05) is 18.7 Å². The smallest absolute Gasteiger partial charge is 0.237 e. The lowest BCUT2D eigenvalue weighted by molar-refractivity contribution is -0.123. The van der Waals surface area contributed by atoms with Gasteiger partial charge < -0.3 is 11.1 Å². The second kappa shape index (κ2) is 8.88. The van der Waals surface area contributed by atoms with Crippen molar-refractivity contribution in [3.05, 3.63) is 0 Å². The maximum absolute atomic E-state index is 11.7. The lowest BCUT2D eigenvalue weighted by atomic mass is 10.0. The van der Waals surface area contributed by atoms with Gasteiger partial charge in [0.25, 0.3) is 0 Å². The minimum atomic E-state index is -0.360. The van der Waals surface area contributed by atoms with Crippen LogP contribution in [0.25, 0.3) is 0 Å². The minimum Gasteiger partial charge on any atom is -0.352 e. The Balaban J connectivity index is 3.76. The first-order chi connectivity index (χ1) is 7.47. The van der Waals surface area contributed by atoms with Crippen LogP contribution >= 0.6 is 11.8 Å². The highest BCUT2D eigenvalue weighted by Gasteiger charge is 2.16. The summed E-state index contributed by atoms with van der Waals surface area (Å²) in [5.41, 5.74) is 5.80. The molecule has 0 aromatic carbocycles. The van der Waals surface area contributed by atoms with Crippen LogP contribution in [0.1, 0.15) is 40.5 Å². The third-order valence-electron chi connectivity index (χ3n) is 2.35. The molecule has 2 atom stereocenters. The molecule has 0 saturated heterocycles. The van der Waals surface area contributed by atoms with E-state index in [0.717, 1.165) is 24.3 Å². The molecule has 4 heteroatoms.